The van der Waals surface area contributed by atoms with Gasteiger partial charge in [0, 0.05) is 24.6 Å². The highest BCUT2D eigenvalue weighted by Gasteiger charge is 2.08. The van der Waals surface area contributed by atoms with Crippen molar-refractivity contribution in [1.82, 2.24) is 4.90 Å². The van der Waals surface area contributed by atoms with Crippen LogP contribution in [-0.2, 0) is 0 Å². The Morgan fingerprint density at radius 3 is 2.20 bits per heavy atom. The van der Waals surface area contributed by atoms with Gasteiger partial charge in [0.15, 0.2) is 0 Å². The van der Waals surface area contributed by atoms with Gasteiger partial charge in [0.25, 0.3) is 0 Å². The van der Waals surface area contributed by atoms with Crippen LogP contribution in [0.15, 0.2) is 0 Å². The number of unbranched alkanes of at least 4 members (excludes halogenated alkanes) is 1. The Balaban J connectivity index is 0.000000921. The van der Waals surface area contributed by atoms with Crippen molar-refractivity contribution in [2.45, 2.75) is 47.0 Å². The zero-order valence-electron chi connectivity index (χ0n) is 11.1. The average molecular weight is 231 g/mol. The lowest BCUT2D eigenvalue weighted by Gasteiger charge is -2.26. The molecule has 1 fully saturated rings. The van der Waals surface area contributed by atoms with E-state index >= 15 is 0 Å². The van der Waals surface area contributed by atoms with Crippen molar-refractivity contribution in [3.63, 3.8) is 0 Å². The summed E-state index contributed by atoms with van der Waals surface area (Å²) in [7, 11) is 0. The maximum absolute atomic E-state index is 2.62. The molecule has 1 nitrogen and oxygen atoms in total. The lowest BCUT2D eigenvalue weighted by molar-refractivity contribution is 0.292. The van der Waals surface area contributed by atoms with Gasteiger partial charge in [-0.25, -0.2) is 0 Å². The summed E-state index contributed by atoms with van der Waals surface area (Å²) in [5.74, 6) is 3.59. The Morgan fingerprint density at radius 2 is 1.67 bits per heavy atom. The second kappa shape index (κ2) is 10.8. The molecule has 0 aromatic rings. The van der Waals surface area contributed by atoms with Crippen molar-refractivity contribution in [3.8, 4) is 0 Å². The quantitative estimate of drug-likeness (QED) is 0.661. The third-order valence-corrected chi connectivity index (χ3v) is 3.55. The van der Waals surface area contributed by atoms with Gasteiger partial charge < -0.3 is 4.90 Å². The van der Waals surface area contributed by atoms with Gasteiger partial charge in [-0.3, -0.25) is 0 Å². The molecule has 0 saturated carbocycles. The Bertz CT molecular complexity index is 120. The molecule has 0 atom stereocenters. The third-order valence-electron chi connectivity index (χ3n) is 2.61. The molecule has 0 unspecified atom stereocenters. The summed E-state index contributed by atoms with van der Waals surface area (Å²) in [5, 5.41) is 0. The molecule has 0 aromatic heterocycles. The summed E-state index contributed by atoms with van der Waals surface area (Å²) >= 11 is 2.10. The molecule has 0 spiro atoms. The summed E-state index contributed by atoms with van der Waals surface area (Å²) in [5.41, 5.74) is 0. The smallest absolute Gasteiger partial charge is 0.00727 e. The van der Waals surface area contributed by atoms with Crippen LogP contribution in [0, 0.1) is 5.92 Å². The summed E-state index contributed by atoms with van der Waals surface area (Å²) in [6, 6.07) is 0. The van der Waals surface area contributed by atoms with E-state index in [9.17, 15) is 0 Å². The predicted octanol–water partition coefficient (Wildman–Crippen LogP) is 3.89. The topological polar surface area (TPSA) is 3.24 Å². The van der Waals surface area contributed by atoms with Crippen LogP contribution in [0.2, 0.25) is 0 Å². The van der Waals surface area contributed by atoms with Crippen LogP contribution in [0.5, 0.6) is 0 Å². The molecule has 0 amide bonds. The number of thioether (sulfide) groups is 1. The highest BCUT2D eigenvalue weighted by Crippen LogP contribution is 2.11. The molecule has 1 saturated heterocycles. The summed E-state index contributed by atoms with van der Waals surface area (Å²) in [6.07, 6.45) is 4.23. The summed E-state index contributed by atoms with van der Waals surface area (Å²) < 4.78 is 0. The molecule has 15 heavy (non-hydrogen) atoms. The molecule has 0 N–H and O–H groups in total. The average Bonchev–Trinajstić information content (AvgIpc) is 2.28. The Morgan fingerprint density at radius 1 is 1.07 bits per heavy atom. The molecule has 1 aliphatic heterocycles. The SMILES string of the molecule is CC.CC(C)CCCCN1CCSCC1. The van der Waals surface area contributed by atoms with Crippen LogP contribution >= 0.6 is 11.8 Å². The van der Waals surface area contributed by atoms with E-state index in [0.717, 1.165) is 5.92 Å². The molecule has 1 rings (SSSR count). The lowest BCUT2D eigenvalue weighted by atomic mass is 10.1. The molecule has 92 valence electrons. The fraction of sp³-hybridized carbons (Fsp3) is 1.00. The normalized spacial score (nSPS) is 17.4. The van der Waals surface area contributed by atoms with Gasteiger partial charge in [0.2, 0.25) is 0 Å². The second-order valence-electron chi connectivity index (χ2n) is 4.34. The minimum atomic E-state index is 0.886. The van der Waals surface area contributed by atoms with Gasteiger partial charge in [0.05, 0.1) is 0 Å². The first-order valence-corrected chi connectivity index (χ1v) is 7.74. The Kier molecular flexibility index (Phi) is 11.0. The predicted molar refractivity (Wildman–Crippen MR) is 73.8 cm³/mol. The van der Waals surface area contributed by atoms with Gasteiger partial charge in [-0.2, -0.15) is 11.8 Å². The monoisotopic (exact) mass is 231 g/mol. The van der Waals surface area contributed by atoms with E-state index in [0.29, 0.717) is 0 Å². The van der Waals surface area contributed by atoms with E-state index in [1.54, 1.807) is 0 Å². The van der Waals surface area contributed by atoms with Gasteiger partial charge >= 0.3 is 0 Å². The molecule has 1 aliphatic rings. The molecule has 0 aromatic carbocycles. The van der Waals surface area contributed by atoms with E-state index in [1.807, 2.05) is 13.8 Å². The molecule has 1 heterocycles. The van der Waals surface area contributed by atoms with Crippen molar-refractivity contribution in [2.24, 2.45) is 5.92 Å². The minimum absolute atomic E-state index is 0.886. The first-order valence-electron chi connectivity index (χ1n) is 6.59. The maximum atomic E-state index is 2.62. The Labute approximate surface area is 101 Å². The Hall–Kier alpha value is 0.310. The second-order valence-corrected chi connectivity index (χ2v) is 5.57. The number of hydrogen-bond acceptors (Lipinski definition) is 2. The van der Waals surface area contributed by atoms with Crippen LogP contribution in [0.3, 0.4) is 0 Å². The fourth-order valence-corrected chi connectivity index (χ4v) is 2.69. The highest BCUT2D eigenvalue weighted by atomic mass is 32.2. The minimum Gasteiger partial charge on any atom is -0.302 e. The van der Waals surface area contributed by atoms with E-state index in [-0.39, 0.29) is 0 Å². The van der Waals surface area contributed by atoms with Crippen molar-refractivity contribution < 1.29 is 0 Å². The van der Waals surface area contributed by atoms with Crippen LogP contribution in [0.4, 0.5) is 0 Å². The first kappa shape index (κ1) is 15.3. The lowest BCUT2D eigenvalue weighted by Crippen LogP contribution is -2.33. The zero-order chi connectivity index (χ0) is 11.5. The molecular weight excluding hydrogens is 202 g/mol. The molecular formula is C13H29NS. The van der Waals surface area contributed by atoms with Gasteiger partial charge in [0.1, 0.15) is 0 Å². The summed E-state index contributed by atoms with van der Waals surface area (Å²) in [4.78, 5) is 2.62. The van der Waals surface area contributed by atoms with Crippen LogP contribution < -0.4 is 0 Å². The van der Waals surface area contributed by atoms with Crippen molar-refractivity contribution in [3.05, 3.63) is 0 Å². The number of nitrogens with zero attached hydrogens (tertiary/aromatic N) is 1. The van der Waals surface area contributed by atoms with Crippen LogP contribution in [0.25, 0.3) is 0 Å². The van der Waals surface area contributed by atoms with E-state index in [2.05, 4.69) is 30.5 Å². The summed E-state index contributed by atoms with van der Waals surface area (Å²) in [6.45, 7) is 12.6. The molecule has 0 bridgehead atoms. The fourth-order valence-electron chi connectivity index (χ4n) is 1.71. The molecule has 2 heteroatoms. The maximum Gasteiger partial charge on any atom is 0.00727 e. The van der Waals surface area contributed by atoms with Crippen molar-refractivity contribution in [2.75, 3.05) is 31.1 Å². The van der Waals surface area contributed by atoms with E-state index < -0.39 is 0 Å². The van der Waals surface area contributed by atoms with Crippen LogP contribution in [-0.4, -0.2) is 36.0 Å². The van der Waals surface area contributed by atoms with Gasteiger partial charge in [-0.1, -0.05) is 40.5 Å². The third kappa shape index (κ3) is 9.25. The first-order chi connectivity index (χ1) is 7.29. The zero-order valence-corrected chi connectivity index (χ0v) is 11.9. The highest BCUT2D eigenvalue weighted by molar-refractivity contribution is 7.99. The van der Waals surface area contributed by atoms with Gasteiger partial charge in [-0.05, 0) is 18.9 Å². The van der Waals surface area contributed by atoms with Crippen molar-refractivity contribution in [1.29, 1.82) is 0 Å². The molecule has 0 radical (unpaired) electrons. The number of rotatable bonds is 5. The van der Waals surface area contributed by atoms with Gasteiger partial charge in [-0.15, -0.1) is 0 Å². The standard InChI is InChI=1S/C11H23NS.C2H6/c1-11(2)5-3-4-6-12-7-9-13-10-8-12;1-2/h11H,3-10H2,1-2H3;1-2H3. The van der Waals surface area contributed by atoms with E-state index in [1.165, 1.54) is 50.4 Å². The molecule has 0 aliphatic carbocycles. The van der Waals surface area contributed by atoms with Crippen LogP contribution in [0.1, 0.15) is 47.0 Å². The van der Waals surface area contributed by atoms with Crippen molar-refractivity contribution >= 4 is 11.8 Å². The number of hydrogen-bond donors (Lipinski definition) is 0. The largest absolute Gasteiger partial charge is 0.302 e. The van der Waals surface area contributed by atoms with E-state index in [4.69, 9.17) is 0 Å².